The van der Waals surface area contributed by atoms with E-state index in [-0.39, 0.29) is 17.3 Å². The Hall–Kier alpha value is -0.120. The first-order valence-corrected chi connectivity index (χ1v) is 7.23. The maximum atomic E-state index is 14.0. The van der Waals surface area contributed by atoms with Gasteiger partial charge in [0.2, 0.25) is 0 Å². The van der Waals surface area contributed by atoms with Crippen LogP contribution in [0.3, 0.4) is 0 Å². The third-order valence-corrected chi connectivity index (χ3v) is 4.14. The molecular weight excluding hydrogens is 317 g/mol. The average Bonchev–Trinajstić information content (AvgIpc) is 2.24. The van der Waals surface area contributed by atoms with Gasteiger partial charge in [-0.2, -0.15) is 0 Å². The van der Waals surface area contributed by atoms with Crippen molar-refractivity contribution in [3.63, 3.8) is 0 Å². The van der Waals surface area contributed by atoms with Crippen molar-refractivity contribution in [1.29, 1.82) is 0 Å². The van der Waals surface area contributed by atoms with Crippen molar-refractivity contribution in [1.82, 2.24) is 5.32 Å². The predicted octanol–water partition coefficient (Wildman–Crippen LogP) is 5.33. The topological polar surface area (TPSA) is 12.0 Å². The summed E-state index contributed by atoms with van der Waals surface area (Å²) in [6.45, 7) is 6.56. The van der Waals surface area contributed by atoms with E-state index in [9.17, 15) is 4.39 Å². The molecular formula is C14H20BrClFN. The quantitative estimate of drug-likeness (QED) is 0.733. The molecule has 0 aliphatic rings. The van der Waals surface area contributed by atoms with E-state index >= 15 is 0 Å². The molecule has 1 aromatic carbocycles. The fraction of sp³-hybridized carbons (Fsp3) is 0.571. The Bertz CT molecular complexity index is 415. The van der Waals surface area contributed by atoms with Crippen LogP contribution in [-0.2, 0) is 0 Å². The Morgan fingerprint density at radius 3 is 2.50 bits per heavy atom. The second kappa shape index (κ2) is 6.36. The van der Waals surface area contributed by atoms with Crippen molar-refractivity contribution >= 4 is 27.5 Å². The monoisotopic (exact) mass is 335 g/mol. The molecule has 0 aliphatic carbocycles. The molecule has 0 bridgehead atoms. The van der Waals surface area contributed by atoms with Gasteiger partial charge >= 0.3 is 0 Å². The van der Waals surface area contributed by atoms with Gasteiger partial charge in [-0.25, -0.2) is 4.39 Å². The van der Waals surface area contributed by atoms with Crippen LogP contribution in [0.2, 0.25) is 5.02 Å². The summed E-state index contributed by atoms with van der Waals surface area (Å²) in [5, 5.41) is 3.71. The van der Waals surface area contributed by atoms with E-state index in [0.29, 0.717) is 15.1 Å². The molecule has 0 saturated carbocycles. The van der Waals surface area contributed by atoms with Crippen molar-refractivity contribution in [3.8, 4) is 0 Å². The molecule has 1 rings (SSSR count). The molecule has 4 heteroatoms. The van der Waals surface area contributed by atoms with Gasteiger partial charge in [0.25, 0.3) is 0 Å². The highest BCUT2D eigenvalue weighted by Crippen LogP contribution is 2.32. The van der Waals surface area contributed by atoms with Crippen LogP contribution < -0.4 is 5.32 Å². The lowest BCUT2D eigenvalue weighted by molar-refractivity contribution is 0.335. The molecule has 18 heavy (non-hydrogen) atoms. The first kappa shape index (κ1) is 15.9. The van der Waals surface area contributed by atoms with Crippen molar-refractivity contribution in [2.45, 2.75) is 39.7 Å². The van der Waals surface area contributed by atoms with Gasteiger partial charge in [0.1, 0.15) is 5.82 Å². The maximum Gasteiger partial charge on any atom is 0.129 e. The van der Waals surface area contributed by atoms with Crippen molar-refractivity contribution in [2.75, 3.05) is 7.05 Å². The highest BCUT2D eigenvalue weighted by Gasteiger charge is 2.19. The molecule has 1 N–H and O–H groups in total. The van der Waals surface area contributed by atoms with Gasteiger partial charge in [0.15, 0.2) is 0 Å². The standard InChI is InChI=1S/C14H20BrClFN/c1-14(2,3)6-5-13(18-4)9-7-11(16)10(15)8-12(9)17/h7-8,13,18H,5-6H2,1-4H3. The molecule has 0 radical (unpaired) electrons. The second-order valence-electron chi connectivity index (χ2n) is 5.73. The van der Waals surface area contributed by atoms with E-state index in [4.69, 9.17) is 11.6 Å². The Kier molecular flexibility index (Phi) is 5.63. The number of halogens is 3. The van der Waals surface area contributed by atoms with Crippen LogP contribution in [0, 0.1) is 11.2 Å². The van der Waals surface area contributed by atoms with Crippen LogP contribution in [0.25, 0.3) is 0 Å². The summed E-state index contributed by atoms with van der Waals surface area (Å²) in [7, 11) is 1.85. The Labute approximate surface area is 122 Å². The lowest BCUT2D eigenvalue weighted by Crippen LogP contribution is -2.20. The summed E-state index contributed by atoms with van der Waals surface area (Å²) >= 11 is 9.27. The summed E-state index contributed by atoms with van der Waals surface area (Å²) in [5.74, 6) is -0.223. The summed E-state index contributed by atoms with van der Waals surface area (Å²) < 4.78 is 14.6. The molecule has 102 valence electrons. The van der Waals surface area contributed by atoms with Crippen molar-refractivity contribution in [2.24, 2.45) is 5.41 Å². The van der Waals surface area contributed by atoms with Gasteiger partial charge in [-0.05, 0) is 53.4 Å². The first-order chi connectivity index (χ1) is 8.24. The summed E-state index contributed by atoms with van der Waals surface area (Å²) in [6.07, 6.45) is 1.90. The molecule has 0 aromatic heterocycles. The fourth-order valence-corrected chi connectivity index (χ4v) is 2.33. The average molecular weight is 337 g/mol. The van der Waals surface area contributed by atoms with E-state index in [1.807, 2.05) is 7.05 Å². The highest BCUT2D eigenvalue weighted by atomic mass is 79.9. The molecule has 1 aromatic rings. The lowest BCUT2D eigenvalue weighted by Gasteiger charge is -2.23. The minimum atomic E-state index is -0.223. The minimum absolute atomic E-state index is 0.00479. The minimum Gasteiger partial charge on any atom is -0.313 e. The third kappa shape index (κ3) is 4.52. The van der Waals surface area contributed by atoms with Crippen LogP contribution in [0.4, 0.5) is 4.39 Å². The number of nitrogens with one attached hydrogen (secondary N) is 1. The summed E-state index contributed by atoms with van der Waals surface area (Å²) in [5.41, 5.74) is 0.875. The van der Waals surface area contributed by atoms with E-state index in [1.54, 1.807) is 6.07 Å². The maximum absolute atomic E-state index is 14.0. The third-order valence-electron chi connectivity index (χ3n) is 2.95. The molecule has 0 aliphatic heterocycles. The Balaban J connectivity index is 2.92. The Morgan fingerprint density at radius 1 is 1.39 bits per heavy atom. The van der Waals surface area contributed by atoms with Crippen molar-refractivity contribution < 1.29 is 4.39 Å². The van der Waals surface area contributed by atoms with E-state index in [0.717, 1.165) is 12.8 Å². The van der Waals surface area contributed by atoms with Gasteiger partial charge in [0.05, 0.1) is 5.02 Å². The van der Waals surface area contributed by atoms with Gasteiger partial charge < -0.3 is 5.32 Å². The smallest absolute Gasteiger partial charge is 0.129 e. The molecule has 1 atom stereocenters. The molecule has 1 unspecified atom stereocenters. The highest BCUT2D eigenvalue weighted by molar-refractivity contribution is 9.10. The van der Waals surface area contributed by atoms with Gasteiger partial charge in [0, 0.05) is 16.1 Å². The fourth-order valence-electron chi connectivity index (χ4n) is 1.84. The second-order valence-corrected chi connectivity index (χ2v) is 6.99. The van der Waals surface area contributed by atoms with Crippen LogP contribution in [0.15, 0.2) is 16.6 Å². The molecule has 1 nitrogen and oxygen atoms in total. The largest absolute Gasteiger partial charge is 0.313 e. The predicted molar refractivity (Wildman–Crippen MR) is 79.6 cm³/mol. The molecule has 0 saturated heterocycles. The molecule has 0 spiro atoms. The zero-order valence-corrected chi connectivity index (χ0v) is 13.6. The van der Waals surface area contributed by atoms with Crippen LogP contribution in [-0.4, -0.2) is 7.05 Å². The van der Waals surface area contributed by atoms with Gasteiger partial charge in [-0.3, -0.25) is 0 Å². The van der Waals surface area contributed by atoms with E-state index < -0.39 is 0 Å². The van der Waals surface area contributed by atoms with Crippen LogP contribution in [0.1, 0.15) is 45.2 Å². The van der Waals surface area contributed by atoms with Gasteiger partial charge in [-0.1, -0.05) is 32.4 Å². The lowest BCUT2D eigenvalue weighted by atomic mass is 9.87. The summed E-state index contributed by atoms with van der Waals surface area (Å²) in [4.78, 5) is 0. The Morgan fingerprint density at radius 2 is 2.00 bits per heavy atom. The normalized spacial score (nSPS) is 13.7. The number of rotatable bonds is 4. The SMILES string of the molecule is CNC(CCC(C)(C)C)c1cc(Cl)c(Br)cc1F. The molecule has 0 amide bonds. The number of benzene rings is 1. The van der Waals surface area contributed by atoms with Crippen LogP contribution >= 0.6 is 27.5 Å². The number of hydrogen-bond acceptors (Lipinski definition) is 1. The molecule has 0 heterocycles. The van der Waals surface area contributed by atoms with Crippen LogP contribution in [0.5, 0.6) is 0 Å². The van der Waals surface area contributed by atoms with Gasteiger partial charge in [-0.15, -0.1) is 0 Å². The van der Waals surface area contributed by atoms with Crippen molar-refractivity contribution in [3.05, 3.63) is 33.0 Å². The van der Waals surface area contributed by atoms with E-state index in [2.05, 4.69) is 42.0 Å². The first-order valence-electron chi connectivity index (χ1n) is 6.06. The summed E-state index contributed by atoms with van der Waals surface area (Å²) in [6, 6.07) is 3.12. The molecule has 0 fully saturated rings. The zero-order chi connectivity index (χ0) is 13.9. The van der Waals surface area contributed by atoms with E-state index in [1.165, 1.54) is 6.07 Å². The number of hydrogen-bond donors (Lipinski definition) is 1. The zero-order valence-electron chi connectivity index (χ0n) is 11.3.